The largest absolute Gasteiger partial charge is 0.444 e. The van der Waals surface area contributed by atoms with Crippen molar-refractivity contribution in [1.29, 1.82) is 0 Å². The standard InChI is InChI=1S/C20H28N2O2/c1-20(2,3)24-19(23)22(13-6-12-21)14-11-16-9-10-17-7-4-5-8-18(17)15-16/h4-5,7-10,15H,6,11-14,21H2,1-3H3. The molecule has 0 saturated heterocycles. The number of amides is 1. The molecule has 2 N–H and O–H groups in total. The van der Waals surface area contributed by atoms with Crippen LogP contribution in [0.1, 0.15) is 32.8 Å². The summed E-state index contributed by atoms with van der Waals surface area (Å²) in [6.45, 7) is 7.47. The van der Waals surface area contributed by atoms with Crippen molar-refractivity contribution in [3.8, 4) is 0 Å². The first-order valence-corrected chi connectivity index (χ1v) is 8.55. The zero-order chi connectivity index (χ0) is 17.6. The van der Waals surface area contributed by atoms with Crippen LogP contribution in [0, 0.1) is 0 Å². The monoisotopic (exact) mass is 328 g/mol. The summed E-state index contributed by atoms with van der Waals surface area (Å²) < 4.78 is 5.50. The number of ether oxygens (including phenoxy) is 1. The smallest absolute Gasteiger partial charge is 0.410 e. The number of carbonyl (C=O) groups excluding carboxylic acids is 1. The molecule has 24 heavy (non-hydrogen) atoms. The zero-order valence-corrected chi connectivity index (χ0v) is 14.9. The zero-order valence-electron chi connectivity index (χ0n) is 14.9. The summed E-state index contributed by atoms with van der Waals surface area (Å²) in [4.78, 5) is 14.1. The van der Waals surface area contributed by atoms with Crippen LogP contribution in [0.25, 0.3) is 10.8 Å². The van der Waals surface area contributed by atoms with Crippen LogP contribution in [0.3, 0.4) is 0 Å². The lowest BCUT2D eigenvalue weighted by Gasteiger charge is -2.27. The number of rotatable bonds is 6. The Morgan fingerprint density at radius 3 is 2.46 bits per heavy atom. The van der Waals surface area contributed by atoms with E-state index in [0.29, 0.717) is 19.6 Å². The summed E-state index contributed by atoms with van der Waals surface area (Å²) in [6.07, 6.45) is 1.31. The van der Waals surface area contributed by atoms with E-state index in [1.54, 1.807) is 4.90 Å². The number of nitrogens with two attached hydrogens (primary N) is 1. The van der Waals surface area contributed by atoms with E-state index in [1.165, 1.54) is 16.3 Å². The maximum Gasteiger partial charge on any atom is 0.410 e. The van der Waals surface area contributed by atoms with Crippen molar-refractivity contribution < 1.29 is 9.53 Å². The third-order valence-electron chi connectivity index (χ3n) is 3.77. The van der Waals surface area contributed by atoms with E-state index in [1.807, 2.05) is 32.9 Å². The van der Waals surface area contributed by atoms with Crippen LogP contribution in [0.15, 0.2) is 42.5 Å². The number of carbonyl (C=O) groups is 1. The lowest BCUT2D eigenvalue weighted by atomic mass is 10.1. The molecule has 0 bridgehead atoms. The molecule has 0 aliphatic rings. The molecule has 0 aromatic heterocycles. The van der Waals surface area contributed by atoms with Crippen molar-refractivity contribution in [3.63, 3.8) is 0 Å². The van der Waals surface area contributed by atoms with E-state index in [9.17, 15) is 4.79 Å². The molecule has 2 rings (SSSR count). The van der Waals surface area contributed by atoms with Crippen molar-refractivity contribution in [2.45, 2.75) is 39.2 Å². The highest BCUT2D eigenvalue weighted by Gasteiger charge is 2.21. The fraction of sp³-hybridized carbons (Fsp3) is 0.450. The van der Waals surface area contributed by atoms with Gasteiger partial charge in [-0.15, -0.1) is 0 Å². The summed E-state index contributed by atoms with van der Waals surface area (Å²) in [5.41, 5.74) is 6.33. The highest BCUT2D eigenvalue weighted by molar-refractivity contribution is 5.83. The van der Waals surface area contributed by atoms with Gasteiger partial charge in [-0.2, -0.15) is 0 Å². The summed E-state index contributed by atoms with van der Waals surface area (Å²) in [7, 11) is 0. The highest BCUT2D eigenvalue weighted by atomic mass is 16.6. The molecule has 0 spiro atoms. The molecule has 0 atom stereocenters. The summed E-state index contributed by atoms with van der Waals surface area (Å²) in [5.74, 6) is 0. The van der Waals surface area contributed by atoms with Gasteiger partial charge in [0.1, 0.15) is 5.60 Å². The predicted octanol–water partition coefficient (Wildman–Crippen LogP) is 3.97. The molecule has 0 fully saturated rings. The molecule has 0 aliphatic heterocycles. The minimum Gasteiger partial charge on any atom is -0.444 e. The summed E-state index contributed by atoms with van der Waals surface area (Å²) in [6, 6.07) is 14.7. The van der Waals surface area contributed by atoms with Crippen LogP contribution >= 0.6 is 0 Å². The number of fused-ring (bicyclic) bond motifs is 1. The Bertz CT molecular complexity index is 677. The van der Waals surface area contributed by atoms with Crippen molar-refractivity contribution in [3.05, 3.63) is 48.0 Å². The molecular weight excluding hydrogens is 300 g/mol. The molecular formula is C20H28N2O2. The van der Waals surface area contributed by atoms with Gasteiger partial charge in [-0.05, 0) is 56.5 Å². The van der Waals surface area contributed by atoms with Crippen molar-refractivity contribution in [1.82, 2.24) is 4.90 Å². The SMILES string of the molecule is CC(C)(C)OC(=O)N(CCCN)CCc1ccc2ccccc2c1. The average molecular weight is 328 g/mol. The van der Waals surface area contributed by atoms with Gasteiger partial charge in [0.25, 0.3) is 0 Å². The molecule has 0 aliphatic carbocycles. The molecule has 0 unspecified atom stereocenters. The van der Waals surface area contributed by atoms with Gasteiger partial charge < -0.3 is 15.4 Å². The fourth-order valence-electron chi connectivity index (χ4n) is 2.56. The first-order chi connectivity index (χ1) is 11.4. The fourth-order valence-corrected chi connectivity index (χ4v) is 2.56. The van der Waals surface area contributed by atoms with Gasteiger partial charge in [-0.3, -0.25) is 0 Å². The van der Waals surface area contributed by atoms with E-state index in [4.69, 9.17) is 10.5 Å². The maximum absolute atomic E-state index is 12.4. The summed E-state index contributed by atoms with van der Waals surface area (Å²) >= 11 is 0. The third-order valence-corrected chi connectivity index (χ3v) is 3.77. The Balaban J connectivity index is 2.03. The molecule has 1 amide bonds. The van der Waals surface area contributed by atoms with Crippen molar-refractivity contribution >= 4 is 16.9 Å². The van der Waals surface area contributed by atoms with Gasteiger partial charge in [0.15, 0.2) is 0 Å². The number of benzene rings is 2. The summed E-state index contributed by atoms with van der Waals surface area (Å²) in [5, 5.41) is 2.45. The van der Waals surface area contributed by atoms with Crippen molar-refractivity contribution in [2.75, 3.05) is 19.6 Å². The van der Waals surface area contributed by atoms with Gasteiger partial charge in [0.2, 0.25) is 0 Å². The second-order valence-electron chi connectivity index (χ2n) is 7.04. The third kappa shape index (κ3) is 5.53. The first kappa shape index (κ1) is 18.3. The van der Waals surface area contributed by atoms with E-state index >= 15 is 0 Å². The number of hydrogen-bond donors (Lipinski definition) is 1. The molecule has 2 aromatic rings. The first-order valence-electron chi connectivity index (χ1n) is 8.55. The molecule has 0 saturated carbocycles. The normalized spacial score (nSPS) is 11.5. The minimum atomic E-state index is -0.485. The van der Waals surface area contributed by atoms with Gasteiger partial charge in [-0.1, -0.05) is 42.5 Å². The topological polar surface area (TPSA) is 55.6 Å². The average Bonchev–Trinajstić information content (AvgIpc) is 2.53. The van der Waals surface area contributed by atoms with Gasteiger partial charge in [0.05, 0.1) is 0 Å². The van der Waals surface area contributed by atoms with Gasteiger partial charge in [-0.25, -0.2) is 4.79 Å². The Labute approximate surface area is 144 Å². The minimum absolute atomic E-state index is 0.267. The predicted molar refractivity (Wildman–Crippen MR) is 99.1 cm³/mol. The van der Waals surface area contributed by atoms with Crippen LogP contribution in [0.4, 0.5) is 4.79 Å². The van der Waals surface area contributed by atoms with Gasteiger partial charge in [0, 0.05) is 13.1 Å². The number of nitrogens with zero attached hydrogens (tertiary/aromatic N) is 1. The molecule has 4 nitrogen and oxygen atoms in total. The van der Waals surface area contributed by atoms with Crippen LogP contribution < -0.4 is 5.73 Å². The van der Waals surface area contributed by atoms with Crippen LogP contribution in [0.2, 0.25) is 0 Å². The Morgan fingerprint density at radius 1 is 1.08 bits per heavy atom. The van der Waals surface area contributed by atoms with E-state index in [2.05, 4.69) is 30.3 Å². The van der Waals surface area contributed by atoms with E-state index < -0.39 is 5.60 Å². The molecule has 4 heteroatoms. The number of hydrogen-bond acceptors (Lipinski definition) is 3. The Kier molecular flexibility index (Phi) is 6.21. The lowest BCUT2D eigenvalue weighted by Crippen LogP contribution is -2.39. The van der Waals surface area contributed by atoms with Crippen LogP contribution in [-0.2, 0) is 11.2 Å². The molecule has 2 aromatic carbocycles. The van der Waals surface area contributed by atoms with E-state index in [0.717, 1.165) is 12.8 Å². The maximum atomic E-state index is 12.4. The van der Waals surface area contributed by atoms with Crippen molar-refractivity contribution in [2.24, 2.45) is 5.73 Å². The van der Waals surface area contributed by atoms with E-state index in [-0.39, 0.29) is 6.09 Å². The molecule has 0 heterocycles. The molecule has 0 radical (unpaired) electrons. The quantitative estimate of drug-likeness (QED) is 0.873. The van der Waals surface area contributed by atoms with Crippen LogP contribution in [0.5, 0.6) is 0 Å². The van der Waals surface area contributed by atoms with Crippen LogP contribution in [-0.4, -0.2) is 36.2 Å². The second kappa shape index (κ2) is 8.15. The second-order valence-corrected chi connectivity index (χ2v) is 7.04. The molecule has 130 valence electrons. The van der Waals surface area contributed by atoms with Gasteiger partial charge >= 0.3 is 6.09 Å². The Morgan fingerprint density at radius 2 is 1.79 bits per heavy atom. The highest BCUT2D eigenvalue weighted by Crippen LogP contribution is 2.17. The lowest BCUT2D eigenvalue weighted by molar-refractivity contribution is 0.0251. The Hall–Kier alpha value is -2.07.